The first kappa shape index (κ1) is 24.4. The molecule has 1 aliphatic rings. The Labute approximate surface area is 157 Å². The van der Waals surface area contributed by atoms with E-state index >= 15 is 0 Å². The van der Waals surface area contributed by atoms with E-state index in [-0.39, 0.29) is 0 Å². The van der Waals surface area contributed by atoms with Gasteiger partial charge in [0.1, 0.15) is 0 Å². The molecule has 0 amide bonds. The Morgan fingerprint density at radius 1 is 0.880 bits per heavy atom. The Morgan fingerprint density at radius 2 is 1.40 bits per heavy atom. The summed E-state index contributed by atoms with van der Waals surface area (Å²) in [5.74, 6) is -0.833. The molecule has 0 radical (unpaired) electrons. The smallest absolute Gasteiger partial charge is 0.300 e. The van der Waals surface area contributed by atoms with E-state index in [1.54, 1.807) is 0 Å². The summed E-state index contributed by atoms with van der Waals surface area (Å²) in [6.07, 6.45) is 21.7. The third kappa shape index (κ3) is 16.6. The lowest BCUT2D eigenvalue weighted by Gasteiger charge is -2.35. The van der Waals surface area contributed by atoms with Gasteiger partial charge in [-0.1, -0.05) is 84.5 Å². The molecule has 3 nitrogen and oxygen atoms in total. The van der Waals surface area contributed by atoms with Crippen molar-refractivity contribution in [2.75, 3.05) is 13.1 Å². The molecule has 0 aromatic rings. The topological polar surface area (TPSA) is 40.5 Å². The highest BCUT2D eigenvalue weighted by molar-refractivity contribution is 5.62. The second-order valence-electron chi connectivity index (χ2n) is 7.68. The second-order valence-corrected chi connectivity index (χ2v) is 7.68. The zero-order chi connectivity index (χ0) is 18.8. The number of carboxylic acids is 1. The molecule has 1 unspecified atom stereocenters. The van der Waals surface area contributed by atoms with Gasteiger partial charge in [-0.3, -0.25) is 4.79 Å². The van der Waals surface area contributed by atoms with Gasteiger partial charge in [-0.2, -0.15) is 0 Å². The quantitative estimate of drug-likeness (QED) is 0.376. The van der Waals surface area contributed by atoms with Crippen LogP contribution in [0.3, 0.4) is 0 Å². The molecule has 0 saturated carbocycles. The molecule has 0 aromatic heterocycles. The van der Waals surface area contributed by atoms with Crippen LogP contribution in [0.4, 0.5) is 0 Å². The fourth-order valence-corrected chi connectivity index (χ4v) is 3.82. The number of likely N-dealkylation sites (tertiary alicyclic amines) is 1. The standard InChI is InChI=1S/C20H41N.C2H4O2/c1-3-5-6-7-8-9-10-11-12-14-18-21-19-15-13-17-20(21)16-4-2;1-2(3)4/h20H,3-19H2,1-2H3;1H3,(H,3,4). The van der Waals surface area contributed by atoms with Crippen LogP contribution in [-0.2, 0) is 4.79 Å². The van der Waals surface area contributed by atoms with Crippen molar-refractivity contribution >= 4 is 5.97 Å². The summed E-state index contributed by atoms with van der Waals surface area (Å²) in [5.41, 5.74) is 0. The molecule has 3 heteroatoms. The van der Waals surface area contributed by atoms with Crippen molar-refractivity contribution in [3.63, 3.8) is 0 Å². The van der Waals surface area contributed by atoms with Crippen molar-refractivity contribution in [1.29, 1.82) is 0 Å². The number of hydrogen-bond donors (Lipinski definition) is 1. The summed E-state index contributed by atoms with van der Waals surface area (Å²) in [6.45, 7) is 8.48. The SMILES string of the molecule is CC(=O)O.CCCCCCCCCCCCN1CCCCC1CCC. The van der Waals surface area contributed by atoms with Crippen LogP contribution in [0.2, 0.25) is 0 Å². The first-order valence-electron chi connectivity index (χ1n) is 11.0. The fraction of sp³-hybridized carbons (Fsp3) is 0.955. The summed E-state index contributed by atoms with van der Waals surface area (Å²) in [6, 6.07) is 0.919. The van der Waals surface area contributed by atoms with Crippen LogP contribution in [-0.4, -0.2) is 35.1 Å². The summed E-state index contributed by atoms with van der Waals surface area (Å²) in [5, 5.41) is 7.42. The maximum atomic E-state index is 9.00. The molecule has 1 saturated heterocycles. The summed E-state index contributed by atoms with van der Waals surface area (Å²) < 4.78 is 0. The van der Waals surface area contributed by atoms with Gasteiger partial charge in [0.2, 0.25) is 0 Å². The number of carbonyl (C=O) groups is 1. The Bertz CT molecular complexity index is 288. The molecule has 150 valence electrons. The van der Waals surface area contributed by atoms with Gasteiger partial charge in [0.05, 0.1) is 0 Å². The summed E-state index contributed by atoms with van der Waals surface area (Å²) in [7, 11) is 0. The molecule has 1 heterocycles. The van der Waals surface area contributed by atoms with Crippen molar-refractivity contribution in [2.45, 2.75) is 123 Å². The molecule has 0 spiro atoms. The molecule has 1 rings (SSSR count). The van der Waals surface area contributed by atoms with Gasteiger partial charge in [-0.15, -0.1) is 0 Å². The van der Waals surface area contributed by atoms with Crippen molar-refractivity contribution in [1.82, 2.24) is 4.90 Å². The van der Waals surface area contributed by atoms with Crippen molar-refractivity contribution < 1.29 is 9.90 Å². The zero-order valence-corrected chi connectivity index (χ0v) is 17.4. The zero-order valence-electron chi connectivity index (χ0n) is 17.4. The van der Waals surface area contributed by atoms with E-state index < -0.39 is 5.97 Å². The Kier molecular flexibility index (Phi) is 17.8. The lowest BCUT2D eigenvalue weighted by Crippen LogP contribution is -2.39. The normalized spacial score (nSPS) is 17.8. The number of rotatable bonds is 13. The second kappa shape index (κ2) is 18.2. The summed E-state index contributed by atoms with van der Waals surface area (Å²) in [4.78, 5) is 11.8. The number of aliphatic carboxylic acids is 1. The third-order valence-electron chi connectivity index (χ3n) is 5.17. The van der Waals surface area contributed by atoms with Crippen molar-refractivity contribution in [3.05, 3.63) is 0 Å². The van der Waals surface area contributed by atoms with Gasteiger partial charge < -0.3 is 10.0 Å². The minimum atomic E-state index is -0.833. The monoisotopic (exact) mass is 355 g/mol. The molecule has 0 aromatic carbocycles. The highest BCUT2D eigenvalue weighted by Crippen LogP contribution is 2.21. The third-order valence-corrected chi connectivity index (χ3v) is 5.17. The van der Waals surface area contributed by atoms with Crippen molar-refractivity contribution in [2.24, 2.45) is 0 Å². The number of carboxylic acid groups (broad SMARTS) is 1. The number of hydrogen-bond acceptors (Lipinski definition) is 2. The maximum absolute atomic E-state index is 9.00. The number of unbranched alkanes of at least 4 members (excludes halogenated alkanes) is 9. The highest BCUT2D eigenvalue weighted by Gasteiger charge is 2.20. The first-order valence-corrected chi connectivity index (χ1v) is 11.0. The van der Waals surface area contributed by atoms with Crippen LogP contribution in [0, 0.1) is 0 Å². The van der Waals surface area contributed by atoms with E-state index in [2.05, 4.69) is 18.7 Å². The lowest BCUT2D eigenvalue weighted by atomic mass is 9.97. The van der Waals surface area contributed by atoms with Crippen LogP contribution in [0.1, 0.15) is 117 Å². The maximum Gasteiger partial charge on any atom is 0.300 e. The van der Waals surface area contributed by atoms with E-state index in [0.29, 0.717) is 0 Å². The van der Waals surface area contributed by atoms with E-state index in [0.717, 1.165) is 13.0 Å². The molecular weight excluding hydrogens is 310 g/mol. The molecule has 25 heavy (non-hydrogen) atoms. The van der Waals surface area contributed by atoms with E-state index in [1.165, 1.54) is 109 Å². The van der Waals surface area contributed by atoms with E-state index in [1.807, 2.05) is 0 Å². The van der Waals surface area contributed by atoms with Crippen LogP contribution < -0.4 is 0 Å². The van der Waals surface area contributed by atoms with E-state index in [4.69, 9.17) is 9.90 Å². The molecule has 1 fully saturated rings. The van der Waals surface area contributed by atoms with Crippen LogP contribution in [0.15, 0.2) is 0 Å². The predicted octanol–water partition coefficient (Wildman–Crippen LogP) is 6.65. The minimum absolute atomic E-state index is 0.833. The average molecular weight is 356 g/mol. The van der Waals surface area contributed by atoms with E-state index in [9.17, 15) is 0 Å². The molecule has 1 atom stereocenters. The molecule has 1 N–H and O–H groups in total. The summed E-state index contributed by atoms with van der Waals surface area (Å²) >= 11 is 0. The van der Waals surface area contributed by atoms with Crippen LogP contribution in [0.25, 0.3) is 0 Å². The van der Waals surface area contributed by atoms with Gasteiger partial charge in [0.15, 0.2) is 0 Å². The largest absolute Gasteiger partial charge is 0.481 e. The highest BCUT2D eigenvalue weighted by atomic mass is 16.4. The van der Waals surface area contributed by atoms with Gasteiger partial charge >= 0.3 is 0 Å². The van der Waals surface area contributed by atoms with Gasteiger partial charge in [0, 0.05) is 13.0 Å². The van der Waals surface area contributed by atoms with Crippen LogP contribution in [0.5, 0.6) is 0 Å². The Hall–Kier alpha value is -0.570. The minimum Gasteiger partial charge on any atom is -0.481 e. The number of nitrogens with zero attached hydrogens (tertiary/aromatic N) is 1. The average Bonchev–Trinajstić information content (AvgIpc) is 2.58. The molecule has 0 aliphatic carbocycles. The van der Waals surface area contributed by atoms with Gasteiger partial charge in [-0.05, 0) is 38.8 Å². The predicted molar refractivity (Wildman–Crippen MR) is 109 cm³/mol. The first-order chi connectivity index (χ1) is 12.1. The van der Waals surface area contributed by atoms with Crippen LogP contribution >= 0.6 is 0 Å². The Morgan fingerprint density at radius 3 is 1.92 bits per heavy atom. The van der Waals surface area contributed by atoms with Gasteiger partial charge in [-0.25, -0.2) is 0 Å². The molecular formula is C22H45NO2. The fourth-order valence-electron chi connectivity index (χ4n) is 3.82. The lowest BCUT2D eigenvalue weighted by molar-refractivity contribution is -0.134. The number of piperidine rings is 1. The Balaban J connectivity index is 0.00000129. The van der Waals surface area contributed by atoms with Gasteiger partial charge in [0.25, 0.3) is 5.97 Å². The molecule has 0 bridgehead atoms. The van der Waals surface area contributed by atoms with Crippen molar-refractivity contribution in [3.8, 4) is 0 Å². The molecule has 1 aliphatic heterocycles.